The van der Waals surface area contributed by atoms with Crippen molar-refractivity contribution in [2.24, 2.45) is 5.73 Å². The second-order valence-electron chi connectivity index (χ2n) is 5.60. The third-order valence-corrected chi connectivity index (χ3v) is 4.71. The first-order valence-electron chi connectivity index (χ1n) is 7.45. The first kappa shape index (κ1) is 17.9. The van der Waals surface area contributed by atoms with Crippen molar-refractivity contribution >= 4 is 39.0 Å². The Morgan fingerprint density at radius 2 is 1.96 bits per heavy atom. The van der Waals surface area contributed by atoms with Gasteiger partial charge in [-0.1, -0.05) is 6.07 Å². The van der Waals surface area contributed by atoms with Gasteiger partial charge in [0.1, 0.15) is 0 Å². The number of rotatable bonds is 4. The van der Waals surface area contributed by atoms with Crippen LogP contribution in [0.5, 0.6) is 0 Å². The first-order valence-corrected chi connectivity index (χ1v) is 9.00. The van der Waals surface area contributed by atoms with Crippen molar-refractivity contribution in [3.8, 4) is 0 Å². The number of nitrogens with zero attached hydrogens (tertiary/aromatic N) is 2. The molecule has 0 aliphatic heterocycles. The largest absolute Gasteiger partial charge is 0.364 e. The molecule has 0 saturated heterocycles. The quantitative estimate of drug-likeness (QED) is 0.730. The van der Waals surface area contributed by atoms with Gasteiger partial charge in [0, 0.05) is 27.3 Å². The first-order chi connectivity index (χ1) is 12.3. The van der Waals surface area contributed by atoms with E-state index in [2.05, 4.69) is 15.5 Å². The van der Waals surface area contributed by atoms with E-state index in [1.807, 2.05) is 0 Å². The molecular weight excluding hydrogens is 362 g/mol. The topological polar surface area (TPSA) is 98.0 Å². The van der Waals surface area contributed by atoms with Crippen LogP contribution in [0.1, 0.15) is 16.1 Å². The lowest BCUT2D eigenvalue weighted by Gasteiger charge is -2.14. The summed E-state index contributed by atoms with van der Waals surface area (Å²) in [6.45, 7) is 1.74. The molecule has 0 aliphatic carbocycles. The van der Waals surface area contributed by atoms with Crippen LogP contribution < -0.4 is 11.1 Å². The molecule has 3 aromatic rings. The molecule has 3 rings (SSSR count). The number of carbonyl (C=O) groups is 1. The van der Waals surface area contributed by atoms with Gasteiger partial charge in [-0.05, 0) is 36.8 Å². The molecule has 3 N–H and O–H groups in total. The number of fused-ring (bicyclic) bond motifs is 1. The third-order valence-electron chi connectivity index (χ3n) is 3.81. The maximum atomic E-state index is 14.1. The lowest BCUT2D eigenvalue weighted by Crippen LogP contribution is -2.17. The molecule has 9 heteroatoms. The number of nitrogens with two attached hydrogens (primary N) is 1. The fraction of sp³-hybridized carbons (Fsp3) is 0.118. The number of hydrogen-bond acceptors (Lipinski definition) is 5. The van der Waals surface area contributed by atoms with Crippen LogP contribution in [0, 0.1) is 18.6 Å². The lowest BCUT2D eigenvalue weighted by molar-refractivity contribution is 0.0995. The maximum absolute atomic E-state index is 14.1. The van der Waals surface area contributed by atoms with E-state index in [0.717, 1.165) is 6.07 Å². The highest BCUT2D eigenvalue weighted by Crippen LogP contribution is 2.32. The summed E-state index contributed by atoms with van der Waals surface area (Å²) in [5, 5.41) is 10.9. The number of benzene rings is 2. The molecule has 1 aromatic heterocycles. The third kappa shape index (κ3) is 3.13. The molecule has 134 valence electrons. The number of primary amides is 1. The molecule has 1 atom stereocenters. The monoisotopic (exact) mass is 376 g/mol. The number of halogens is 2. The van der Waals surface area contributed by atoms with Crippen molar-refractivity contribution in [3.05, 3.63) is 53.2 Å². The summed E-state index contributed by atoms with van der Waals surface area (Å²) >= 11 is 0. The highest BCUT2D eigenvalue weighted by molar-refractivity contribution is 7.84. The predicted octanol–water partition coefficient (Wildman–Crippen LogP) is 2.80. The Balaban J connectivity index is 2.32. The van der Waals surface area contributed by atoms with Gasteiger partial charge in [0.05, 0.1) is 16.9 Å². The molecule has 1 amide bonds. The number of anilines is 2. The van der Waals surface area contributed by atoms with Gasteiger partial charge in [-0.3, -0.25) is 9.00 Å². The van der Waals surface area contributed by atoms with E-state index < -0.39 is 28.3 Å². The highest BCUT2D eigenvalue weighted by atomic mass is 32.2. The van der Waals surface area contributed by atoms with Gasteiger partial charge in [0.15, 0.2) is 17.3 Å². The van der Waals surface area contributed by atoms with Crippen LogP contribution in [0.25, 0.3) is 10.9 Å². The molecule has 6 nitrogen and oxygen atoms in total. The van der Waals surface area contributed by atoms with E-state index in [4.69, 9.17) is 5.73 Å². The molecule has 0 fully saturated rings. The minimum absolute atomic E-state index is 0.0717. The molecular formula is C17H14F2N4O2S. The average molecular weight is 376 g/mol. The zero-order valence-corrected chi connectivity index (χ0v) is 14.7. The van der Waals surface area contributed by atoms with Crippen molar-refractivity contribution in [2.75, 3.05) is 11.6 Å². The van der Waals surface area contributed by atoms with E-state index in [-0.39, 0.29) is 17.1 Å². The van der Waals surface area contributed by atoms with E-state index in [1.54, 1.807) is 19.1 Å². The lowest BCUT2D eigenvalue weighted by atomic mass is 10.1. The van der Waals surface area contributed by atoms with Crippen molar-refractivity contribution in [1.82, 2.24) is 10.2 Å². The van der Waals surface area contributed by atoms with Gasteiger partial charge in [0.2, 0.25) is 0 Å². The number of nitrogens with one attached hydrogen (secondary N) is 1. The molecule has 1 heterocycles. The van der Waals surface area contributed by atoms with Crippen LogP contribution in [0.3, 0.4) is 0 Å². The van der Waals surface area contributed by atoms with E-state index in [9.17, 15) is 17.8 Å². The molecule has 0 aliphatic rings. The van der Waals surface area contributed by atoms with Crippen LogP contribution in [0.15, 0.2) is 35.2 Å². The zero-order valence-electron chi connectivity index (χ0n) is 13.8. The summed E-state index contributed by atoms with van der Waals surface area (Å²) in [6, 6.07) is 6.84. The normalized spacial score (nSPS) is 12.2. The van der Waals surface area contributed by atoms with E-state index in [0.29, 0.717) is 21.4 Å². The van der Waals surface area contributed by atoms with Gasteiger partial charge in [-0.15, -0.1) is 10.2 Å². The molecule has 0 spiro atoms. The van der Waals surface area contributed by atoms with Crippen LogP contribution in [0.2, 0.25) is 0 Å². The molecule has 2 aromatic carbocycles. The summed E-state index contributed by atoms with van der Waals surface area (Å²) in [5.41, 5.74) is 6.08. The molecule has 1 unspecified atom stereocenters. The van der Waals surface area contributed by atoms with Gasteiger partial charge in [-0.2, -0.15) is 0 Å². The Hall–Kier alpha value is -2.94. The maximum Gasteiger partial charge on any atom is 0.271 e. The number of aromatic nitrogens is 2. The fourth-order valence-electron chi connectivity index (χ4n) is 2.55. The molecule has 0 radical (unpaired) electrons. The SMILES string of the molecule is Cc1cc(S(C)=O)cc2c(Nc3cccc(F)c3F)c(C(N)=O)nnc12. The summed E-state index contributed by atoms with van der Waals surface area (Å²) in [7, 11) is -1.30. The minimum Gasteiger partial charge on any atom is -0.364 e. The van der Waals surface area contributed by atoms with Crippen LogP contribution in [0.4, 0.5) is 20.2 Å². The Bertz CT molecular complexity index is 1070. The number of carbonyl (C=O) groups excluding carboxylic acids is 1. The van der Waals surface area contributed by atoms with Gasteiger partial charge >= 0.3 is 0 Å². The second kappa shape index (κ2) is 6.75. The average Bonchev–Trinajstić information content (AvgIpc) is 2.58. The summed E-state index contributed by atoms with van der Waals surface area (Å²) in [5.74, 6) is -3.05. The van der Waals surface area contributed by atoms with Crippen LogP contribution >= 0.6 is 0 Å². The van der Waals surface area contributed by atoms with Crippen LogP contribution in [-0.2, 0) is 10.8 Å². The van der Waals surface area contributed by atoms with Crippen molar-refractivity contribution in [2.45, 2.75) is 11.8 Å². The molecule has 26 heavy (non-hydrogen) atoms. The highest BCUT2D eigenvalue weighted by Gasteiger charge is 2.19. The predicted molar refractivity (Wildman–Crippen MR) is 94.8 cm³/mol. The second-order valence-corrected chi connectivity index (χ2v) is 6.98. The summed E-state index contributed by atoms with van der Waals surface area (Å²) in [4.78, 5) is 12.3. The van der Waals surface area contributed by atoms with Crippen molar-refractivity contribution in [3.63, 3.8) is 0 Å². The molecule has 0 bridgehead atoms. The number of hydrogen-bond donors (Lipinski definition) is 2. The summed E-state index contributed by atoms with van der Waals surface area (Å²) in [6.07, 6.45) is 1.50. The molecule has 0 saturated carbocycles. The Labute approximate surface area is 149 Å². The standard InChI is InChI=1S/C17H14F2N4O2S/c1-8-6-9(26(2)25)7-10-14(8)22-23-16(17(20)24)15(10)21-12-5-3-4-11(18)13(12)19/h3-7H,1-2H3,(H2,20,24)(H,21,22). The Morgan fingerprint density at radius 3 is 2.62 bits per heavy atom. The number of aryl methyl sites for hydroxylation is 1. The minimum atomic E-state index is -1.30. The number of amides is 1. The van der Waals surface area contributed by atoms with Crippen LogP contribution in [-0.4, -0.2) is 26.6 Å². The van der Waals surface area contributed by atoms with Gasteiger partial charge in [0.25, 0.3) is 5.91 Å². The van der Waals surface area contributed by atoms with Gasteiger partial charge in [-0.25, -0.2) is 8.78 Å². The zero-order chi connectivity index (χ0) is 19.0. The summed E-state index contributed by atoms with van der Waals surface area (Å²) < 4.78 is 39.5. The van der Waals surface area contributed by atoms with Crippen molar-refractivity contribution in [1.29, 1.82) is 0 Å². The smallest absolute Gasteiger partial charge is 0.271 e. The Morgan fingerprint density at radius 1 is 1.23 bits per heavy atom. The van der Waals surface area contributed by atoms with E-state index >= 15 is 0 Å². The van der Waals surface area contributed by atoms with E-state index in [1.165, 1.54) is 18.4 Å². The Kier molecular flexibility index (Phi) is 4.64. The van der Waals surface area contributed by atoms with Crippen molar-refractivity contribution < 1.29 is 17.8 Å². The fourth-order valence-corrected chi connectivity index (χ4v) is 3.17. The van der Waals surface area contributed by atoms with Gasteiger partial charge < -0.3 is 11.1 Å².